The van der Waals surface area contributed by atoms with Crippen LogP contribution in [-0.4, -0.2) is 29.5 Å². The number of rotatable bonds is 5. The highest BCUT2D eigenvalue weighted by molar-refractivity contribution is 6.19. The zero-order valence-electron chi connectivity index (χ0n) is 6.41. The van der Waals surface area contributed by atoms with E-state index in [0.717, 1.165) is 0 Å². The van der Waals surface area contributed by atoms with Crippen molar-refractivity contribution >= 4 is 17.6 Å². The molecule has 11 heavy (non-hydrogen) atoms. The number of aliphatic carboxylic acids is 1. The lowest BCUT2D eigenvalue weighted by molar-refractivity contribution is -0.191. The van der Waals surface area contributed by atoms with Gasteiger partial charge in [0.2, 0.25) is 0 Å². The quantitative estimate of drug-likeness (QED) is 0.510. The number of ether oxygens (including phenoxy) is 2. The average molecular weight is 183 g/mol. The summed E-state index contributed by atoms with van der Waals surface area (Å²) in [4.78, 5) is 10.3. The summed E-state index contributed by atoms with van der Waals surface area (Å²) in [6.45, 7) is 3.48. The van der Waals surface area contributed by atoms with Crippen molar-refractivity contribution < 1.29 is 19.4 Å². The summed E-state index contributed by atoms with van der Waals surface area (Å²) >= 11 is 5.39. The first kappa shape index (κ1) is 10.7. The van der Waals surface area contributed by atoms with E-state index in [4.69, 9.17) is 26.2 Å². The highest BCUT2D eigenvalue weighted by Crippen LogP contribution is 2.03. The fourth-order valence-electron chi connectivity index (χ4n) is 0.490. The van der Waals surface area contributed by atoms with Gasteiger partial charge in [0.25, 0.3) is 6.29 Å². The molecule has 0 aliphatic heterocycles. The molecule has 2 atom stereocenters. The van der Waals surface area contributed by atoms with Crippen LogP contribution < -0.4 is 0 Å². The Morgan fingerprint density at radius 2 is 2.27 bits per heavy atom. The first-order valence-electron chi connectivity index (χ1n) is 3.21. The average Bonchev–Trinajstić information content (AvgIpc) is 1.86. The minimum absolute atomic E-state index is 0.278. The highest BCUT2D eigenvalue weighted by Gasteiger charge is 2.19. The molecule has 0 amide bonds. The van der Waals surface area contributed by atoms with Crippen molar-refractivity contribution in [2.45, 2.75) is 25.7 Å². The van der Waals surface area contributed by atoms with Gasteiger partial charge in [-0.1, -0.05) is 11.6 Å². The maximum atomic E-state index is 10.3. The van der Waals surface area contributed by atoms with Crippen molar-refractivity contribution in [2.75, 3.05) is 6.61 Å². The number of hydrogen-bond acceptors (Lipinski definition) is 3. The predicted octanol–water partition coefficient (Wildman–Crippen LogP) is 1.03. The third kappa shape index (κ3) is 5.01. The summed E-state index contributed by atoms with van der Waals surface area (Å²) in [5.41, 5.74) is -0.664. The van der Waals surface area contributed by atoms with E-state index in [1.165, 1.54) is 6.92 Å². The topological polar surface area (TPSA) is 55.8 Å². The maximum absolute atomic E-state index is 10.3. The van der Waals surface area contributed by atoms with Crippen molar-refractivity contribution in [1.82, 2.24) is 0 Å². The lowest BCUT2D eigenvalue weighted by Crippen LogP contribution is -2.29. The van der Waals surface area contributed by atoms with Gasteiger partial charge >= 0.3 is 5.97 Å². The molecule has 0 radical (unpaired) electrons. The Bertz CT molecular complexity index is 126. The van der Waals surface area contributed by atoms with Crippen molar-refractivity contribution in [3.63, 3.8) is 0 Å². The van der Waals surface area contributed by atoms with E-state index in [-0.39, 0.29) is 6.61 Å². The molecule has 0 rings (SSSR count). The van der Waals surface area contributed by atoms with Gasteiger partial charge in [0, 0.05) is 6.61 Å². The Morgan fingerprint density at radius 3 is 2.55 bits per heavy atom. The second-order valence-corrected chi connectivity index (χ2v) is 2.42. The number of halogens is 1. The molecule has 66 valence electrons. The van der Waals surface area contributed by atoms with Gasteiger partial charge in [-0.15, -0.1) is 0 Å². The van der Waals surface area contributed by atoms with Crippen LogP contribution >= 0.6 is 11.6 Å². The largest absolute Gasteiger partial charge is 0.477 e. The van der Waals surface area contributed by atoms with Crippen LogP contribution in [0.1, 0.15) is 13.8 Å². The van der Waals surface area contributed by atoms with E-state index >= 15 is 0 Å². The van der Waals surface area contributed by atoms with Gasteiger partial charge in [-0.3, -0.25) is 0 Å². The van der Waals surface area contributed by atoms with Crippen molar-refractivity contribution in [2.24, 2.45) is 0 Å². The Morgan fingerprint density at radius 1 is 1.73 bits per heavy atom. The molecule has 0 saturated carbocycles. The summed E-state index contributed by atoms with van der Waals surface area (Å²) in [5, 5.41) is 8.44. The van der Waals surface area contributed by atoms with Gasteiger partial charge in [-0.2, -0.15) is 0 Å². The standard InChI is InChI=1S/C6H11ClO4/c1-3-10-6(5(8)9)11-4(2)7/h4,6H,3H2,1-2H3,(H,8,9). The summed E-state index contributed by atoms with van der Waals surface area (Å²) in [6, 6.07) is 0. The Kier molecular flexibility index (Phi) is 5.19. The van der Waals surface area contributed by atoms with Crippen LogP contribution in [0.25, 0.3) is 0 Å². The molecule has 0 aliphatic carbocycles. The van der Waals surface area contributed by atoms with Gasteiger partial charge in [0.05, 0.1) is 0 Å². The second-order valence-electron chi connectivity index (χ2n) is 1.80. The van der Waals surface area contributed by atoms with E-state index in [0.29, 0.717) is 0 Å². The predicted molar refractivity (Wildman–Crippen MR) is 39.4 cm³/mol. The third-order valence-electron chi connectivity index (χ3n) is 0.831. The van der Waals surface area contributed by atoms with Crippen LogP contribution in [0, 0.1) is 0 Å². The second kappa shape index (κ2) is 5.35. The fraction of sp³-hybridized carbons (Fsp3) is 0.833. The molecule has 5 heteroatoms. The molecule has 2 unspecified atom stereocenters. The summed E-state index contributed by atoms with van der Waals surface area (Å²) in [7, 11) is 0. The first-order valence-corrected chi connectivity index (χ1v) is 3.65. The molecule has 4 nitrogen and oxygen atoms in total. The normalized spacial score (nSPS) is 15.9. The number of alkyl halides is 1. The highest BCUT2D eigenvalue weighted by atomic mass is 35.5. The van der Waals surface area contributed by atoms with E-state index in [1.54, 1.807) is 6.92 Å². The van der Waals surface area contributed by atoms with Crippen molar-refractivity contribution in [3.05, 3.63) is 0 Å². The molecular weight excluding hydrogens is 172 g/mol. The summed E-state index contributed by atoms with van der Waals surface area (Å²) in [6.07, 6.45) is -1.26. The Labute approximate surface area is 70.1 Å². The van der Waals surface area contributed by atoms with E-state index in [2.05, 4.69) is 0 Å². The van der Waals surface area contributed by atoms with Crippen molar-refractivity contribution in [1.29, 1.82) is 0 Å². The number of carboxylic acids is 1. The minimum Gasteiger partial charge on any atom is -0.477 e. The number of carbonyl (C=O) groups is 1. The smallest absolute Gasteiger partial charge is 0.361 e. The molecular formula is C6H11ClO4. The van der Waals surface area contributed by atoms with Gasteiger partial charge in [-0.05, 0) is 13.8 Å². The molecule has 0 aromatic heterocycles. The van der Waals surface area contributed by atoms with Gasteiger partial charge < -0.3 is 14.6 Å². The summed E-state index contributed by atoms with van der Waals surface area (Å²) < 4.78 is 9.40. The molecule has 0 aromatic rings. The first-order chi connectivity index (χ1) is 5.07. The third-order valence-corrected chi connectivity index (χ3v) is 0.934. The SMILES string of the molecule is CCOC(OC(C)Cl)C(=O)O. The van der Waals surface area contributed by atoms with Gasteiger partial charge in [-0.25, -0.2) is 4.79 Å². The van der Waals surface area contributed by atoms with Crippen LogP contribution in [-0.2, 0) is 14.3 Å². The molecule has 0 bridgehead atoms. The summed E-state index contributed by atoms with van der Waals surface area (Å²) in [5.74, 6) is -1.17. The van der Waals surface area contributed by atoms with Crippen LogP contribution in [0.3, 0.4) is 0 Å². The molecule has 0 aliphatic rings. The zero-order chi connectivity index (χ0) is 8.85. The number of carboxylic acid groups (broad SMARTS) is 1. The molecule has 0 spiro atoms. The molecule has 0 heterocycles. The van der Waals surface area contributed by atoms with Gasteiger partial charge in [0.1, 0.15) is 5.56 Å². The van der Waals surface area contributed by atoms with E-state index < -0.39 is 17.8 Å². The fourth-order valence-corrected chi connectivity index (χ4v) is 0.584. The molecule has 1 N–H and O–H groups in total. The lowest BCUT2D eigenvalue weighted by atomic mass is 10.6. The zero-order valence-corrected chi connectivity index (χ0v) is 7.17. The molecule has 0 saturated heterocycles. The van der Waals surface area contributed by atoms with E-state index in [9.17, 15) is 4.79 Å². The lowest BCUT2D eigenvalue weighted by Gasteiger charge is -2.14. The minimum atomic E-state index is -1.26. The van der Waals surface area contributed by atoms with Gasteiger partial charge in [0.15, 0.2) is 0 Å². The number of hydrogen-bond donors (Lipinski definition) is 1. The van der Waals surface area contributed by atoms with Crippen LogP contribution in [0.5, 0.6) is 0 Å². The van der Waals surface area contributed by atoms with Crippen molar-refractivity contribution in [3.8, 4) is 0 Å². The molecule has 0 aromatic carbocycles. The molecule has 0 fully saturated rings. The van der Waals surface area contributed by atoms with E-state index in [1.807, 2.05) is 0 Å². The van der Waals surface area contributed by atoms with Crippen LogP contribution in [0.2, 0.25) is 0 Å². The van der Waals surface area contributed by atoms with Crippen LogP contribution in [0.4, 0.5) is 0 Å². The Balaban J connectivity index is 3.79. The van der Waals surface area contributed by atoms with Crippen LogP contribution in [0.15, 0.2) is 0 Å². The monoisotopic (exact) mass is 182 g/mol. The maximum Gasteiger partial charge on any atom is 0.361 e. The Hall–Kier alpha value is -0.320.